The predicted molar refractivity (Wildman–Crippen MR) is 113 cm³/mol. The van der Waals surface area contributed by atoms with Crippen LogP contribution in [0.25, 0.3) is 0 Å². The Hall–Kier alpha value is -2.63. The van der Waals surface area contributed by atoms with Crippen LogP contribution in [0.4, 0.5) is 0 Å². The summed E-state index contributed by atoms with van der Waals surface area (Å²) < 4.78 is 33.1. The summed E-state index contributed by atoms with van der Waals surface area (Å²) in [6.07, 6.45) is 0. The quantitative estimate of drug-likeness (QED) is 0.467. The number of methoxy groups -OCH3 is 2. The van der Waals surface area contributed by atoms with Gasteiger partial charge in [0.25, 0.3) is 0 Å². The first-order valence-electron chi connectivity index (χ1n) is 8.98. The van der Waals surface area contributed by atoms with Crippen LogP contribution in [0.2, 0.25) is 0 Å². The molecule has 0 radical (unpaired) electrons. The lowest BCUT2D eigenvalue weighted by Gasteiger charge is -2.39. The van der Waals surface area contributed by atoms with Crippen LogP contribution in [0, 0.1) is 0 Å². The van der Waals surface area contributed by atoms with Gasteiger partial charge in [0.1, 0.15) is 11.5 Å². The van der Waals surface area contributed by atoms with Crippen LogP contribution < -0.4 is 9.47 Å². The molecule has 0 spiro atoms. The maximum atomic E-state index is 12.4. The zero-order chi connectivity index (χ0) is 20.1. The molecule has 0 aliphatic carbocycles. The van der Waals surface area contributed by atoms with Gasteiger partial charge in [-0.3, -0.25) is 0 Å². The van der Waals surface area contributed by atoms with E-state index >= 15 is 0 Å². The van der Waals surface area contributed by atoms with Crippen molar-refractivity contribution in [1.82, 2.24) is 0 Å². The monoisotopic (exact) mass is 396 g/mol. The average molecular weight is 397 g/mol. The number of hydrogen-bond donors (Lipinski definition) is 1. The molecule has 2 atom stereocenters. The van der Waals surface area contributed by atoms with Crippen LogP contribution >= 0.6 is 0 Å². The first kappa shape index (κ1) is 20.1. The third kappa shape index (κ3) is 3.55. The highest BCUT2D eigenvalue weighted by molar-refractivity contribution is 7.80. The molecule has 0 aliphatic heterocycles. The van der Waals surface area contributed by atoms with Gasteiger partial charge in [-0.2, -0.15) is 0 Å². The fourth-order valence-corrected chi connectivity index (χ4v) is 4.47. The lowest BCUT2D eigenvalue weighted by Crippen LogP contribution is -2.42. The zero-order valence-electron chi connectivity index (χ0n) is 16.2. The molecule has 5 heteroatoms. The fraction of sp³-hybridized carbons (Fsp3) is 0.217. The van der Waals surface area contributed by atoms with Crippen LogP contribution in [-0.4, -0.2) is 28.2 Å². The number of hydrogen-bond acceptors (Lipinski definition) is 3. The van der Waals surface area contributed by atoms with Crippen LogP contribution in [0.15, 0.2) is 78.9 Å². The summed E-state index contributed by atoms with van der Waals surface area (Å²) in [5.74, 6) is 1.47. The van der Waals surface area contributed by atoms with E-state index in [9.17, 15) is 8.76 Å². The normalized spacial score (nSPS) is 13.6. The van der Waals surface area contributed by atoms with Gasteiger partial charge in [-0.25, -0.2) is 4.21 Å². The molecule has 0 saturated carbocycles. The van der Waals surface area contributed by atoms with E-state index in [1.165, 1.54) is 0 Å². The summed E-state index contributed by atoms with van der Waals surface area (Å²) in [7, 11) is 3.24. The average Bonchev–Trinajstić information content (AvgIpc) is 2.75. The molecule has 0 amide bonds. The highest BCUT2D eigenvalue weighted by Crippen LogP contribution is 2.44. The Kier molecular flexibility index (Phi) is 6.17. The van der Waals surface area contributed by atoms with Crippen LogP contribution in [-0.2, 0) is 16.5 Å². The minimum absolute atomic E-state index is 0.600. The Labute approximate surface area is 168 Å². The van der Waals surface area contributed by atoms with E-state index in [4.69, 9.17) is 9.47 Å². The Bertz CT molecular complexity index is 874. The summed E-state index contributed by atoms with van der Waals surface area (Å²) in [4.78, 5) is 0. The van der Waals surface area contributed by atoms with Gasteiger partial charge in [0.2, 0.25) is 0 Å². The first-order chi connectivity index (χ1) is 13.5. The number of rotatable bonds is 7. The lowest BCUT2D eigenvalue weighted by molar-refractivity contribution is 0.413. The Morgan fingerprint density at radius 1 is 0.750 bits per heavy atom. The second kappa shape index (κ2) is 8.59. The van der Waals surface area contributed by atoms with Gasteiger partial charge < -0.3 is 14.0 Å². The van der Waals surface area contributed by atoms with Crippen molar-refractivity contribution in [2.45, 2.75) is 17.6 Å². The maximum Gasteiger partial charge on any atom is 0.157 e. The lowest BCUT2D eigenvalue weighted by atomic mass is 9.67. The van der Waals surface area contributed by atoms with Crippen LogP contribution in [0.5, 0.6) is 11.5 Å². The molecule has 2 unspecified atom stereocenters. The third-order valence-electron chi connectivity index (χ3n) is 5.23. The number of ether oxygens (including phenoxy) is 2. The summed E-state index contributed by atoms with van der Waals surface area (Å²) in [6, 6.07) is 25.2. The number of benzene rings is 3. The van der Waals surface area contributed by atoms with Crippen molar-refractivity contribution in [1.29, 1.82) is 0 Å². The van der Waals surface area contributed by atoms with Crippen molar-refractivity contribution < 1.29 is 18.2 Å². The Balaban J connectivity index is 2.35. The van der Waals surface area contributed by atoms with Gasteiger partial charge in [-0.15, -0.1) is 0 Å². The second-order valence-corrected chi connectivity index (χ2v) is 7.81. The van der Waals surface area contributed by atoms with E-state index in [2.05, 4.69) is 0 Å². The SMILES string of the molecule is COc1ccc(C(c2ccccc2)(c2ccc(OC)cc2)C(C)S(=O)O)cc1. The van der Waals surface area contributed by atoms with Crippen molar-refractivity contribution in [3.63, 3.8) is 0 Å². The smallest absolute Gasteiger partial charge is 0.157 e. The molecule has 3 aromatic rings. The zero-order valence-corrected chi connectivity index (χ0v) is 17.0. The molecule has 3 rings (SSSR count). The molecule has 0 fully saturated rings. The Morgan fingerprint density at radius 3 is 1.50 bits per heavy atom. The molecule has 4 nitrogen and oxygen atoms in total. The highest BCUT2D eigenvalue weighted by Gasteiger charge is 2.44. The minimum Gasteiger partial charge on any atom is -0.497 e. The molecular formula is C23H24O4S. The van der Waals surface area contributed by atoms with Crippen molar-refractivity contribution in [2.75, 3.05) is 14.2 Å². The molecule has 0 aliphatic rings. The molecule has 0 bridgehead atoms. The van der Waals surface area contributed by atoms with Crippen molar-refractivity contribution in [2.24, 2.45) is 0 Å². The standard InChI is InChI=1S/C23H24O4S/c1-17(28(24)25)23(18-7-5-4-6-8-18,19-9-13-21(26-2)14-10-19)20-11-15-22(27-3)16-12-20/h4-17H,1-3H3,(H,24,25). The molecule has 0 saturated heterocycles. The molecule has 28 heavy (non-hydrogen) atoms. The molecular weight excluding hydrogens is 372 g/mol. The van der Waals surface area contributed by atoms with E-state index in [0.717, 1.165) is 28.2 Å². The second-order valence-electron chi connectivity index (χ2n) is 6.55. The topological polar surface area (TPSA) is 55.8 Å². The van der Waals surface area contributed by atoms with Gasteiger partial charge in [-0.1, -0.05) is 54.6 Å². The molecule has 0 aromatic heterocycles. The van der Waals surface area contributed by atoms with Gasteiger partial charge >= 0.3 is 0 Å². The van der Waals surface area contributed by atoms with Gasteiger partial charge in [0.05, 0.1) is 24.9 Å². The van der Waals surface area contributed by atoms with Gasteiger partial charge in [0, 0.05) is 0 Å². The van der Waals surface area contributed by atoms with Crippen LogP contribution in [0.1, 0.15) is 23.6 Å². The largest absolute Gasteiger partial charge is 0.497 e. The summed E-state index contributed by atoms with van der Waals surface area (Å²) in [5.41, 5.74) is 1.96. The van der Waals surface area contributed by atoms with E-state index in [1.54, 1.807) is 21.1 Å². The van der Waals surface area contributed by atoms with Crippen molar-refractivity contribution in [3.8, 4) is 11.5 Å². The maximum absolute atomic E-state index is 12.4. The molecule has 1 N–H and O–H groups in total. The summed E-state index contributed by atoms with van der Waals surface area (Å²) in [6.45, 7) is 1.80. The first-order valence-corrected chi connectivity index (χ1v) is 10.1. The van der Waals surface area contributed by atoms with E-state index < -0.39 is 21.7 Å². The van der Waals surface area contributed by atoms with E-state index in [-0.39, 0.29) is 0 Å². The summed E-state index contributed by atoms with van der Waals surface area (Å²) in [5, 5.41) is -0.600. The fourth-order valence-electron chi connectivity index (χ4n) is 3.76. The Morgan fingerprint density at radius 2 is 1.14 bits per heavy atom. The van der Waals surface area contributed by atoms with Gasteiger partial charge in [0.15, 0.2) is 11.1 Å². The predicted octanol–water partition coefficient (Wildman–Crippen LogP) is 4.65. The summed E-state index contributed by atoms with van der Waals surface area (Å²) >= 11 is -2.06. The van der Waals surface area contributed by atoms with E-state index in [1.807, 2.05) is 78.9 Å². The van der Waals surface area contributed by atoms with E-state index in [0.29, 0.717) is 0 Å². The molecule has 0 heterocycles. The molecule has 146 valence electrons. The van der Waals surface area contributed by atoms with Crippen molar-refractivity contribution in [3.05, 3.63) is 95.6 Å². The van der Waals surface area contributed by atoms with Crippen molar-refractivity contribution >= 4 is 11.1 Å². The highest BCUT2D eigenvalue weighted by atomic mass is 32.2. The van der Waals surface area contributed by atoms with Gasteiger partial charge in [-0.05, 0) is 47.9 Å². The minimum atomic E-state index is -2.06. The van der Waals surface area contributed by atoms with Crippen LogP contribution in [0.3, 0.4) is 0 Å². The molecule has 3 aromatic carbocycles. The third-order valence-corrected chi connectivity index (χ3v) is 6.19.